The Morgan fingerprint density at radius 1 is 1.50 bits per heavy atom. The van der Waals surface area contributed by atoms with Crippen molar-refractivity contribution in [1.82, 2.24) is 5.48 Å². The number of nitrogens with one attached hydrogen (secondary N) is 2. The molecule has 1 amide bonds. The zero-order valence-corrected chi connectivity index (χ0v) is 10.2. The molecular weight excluding hydrogens is 228 g/mol. The normalized spacial score (nSPS) is 10.4. The average Bonchev–Trinajstić information content (AvgIpc) is 2.64. The molecule has 0 spiro atoms. The average molecular weight is 244 g/mol. The number of hydrogen-bond acceptors (Lipinski definition) is 5. The van der Waals surface area contributed by atoms with E-state index in [1.807, 2.05) is 11.4 Å². The van der Waals surface area contributed by atoms with Crippen molar-refractivity contribution in [3.63, 3.8) is 0 Å². The SMILES string of the molecule is COCCONCc1sccc1NC(C)=O. The highest BCUT2D eigenvalue weighted by Crippen LogP contribution is 2.21. The van der Waals surface area contributed by atoms with E-state index in [0.29, 0.717) is 19.8 Å². The smallest absolute Gasteiger partial charge is 0.221 e. The number of anilines is 1. The zero-order valence-electron chi connectivity index (χ0n) is 9.41. The van der Waals surface area contributed by atoms with Crippen LogP contribution in [0.2, 0.25) is 0 Å². The highest BCUT2D eigenvalue weighted by molar-refractivity contribution is 7.10. The standard InChI is InChI=1S/C10H16N2O3S/c1-8(13)12-9-3-6-16-10(9)7-11-15-5-4-14-2/h3,6,11H,4-5,7H2,1-2H3,(H,12,13). The number of thiophene rings is 1. The summed E-state index contributed by atoms with van der Waals surface area (Å²) in [5.41, 5.74) is 3.65. The molecule has 1 rings (SSSR count). The summed E-state index contributed by atoms with van der Waals surface area (Å²) in [6.45, 7) is 3.11. The molecule has 0 saturated heterocycles. The second-order valence-electron chi connectivity index (χ2n) is 3.10. The van der Waals surface area contributed by atoms with E-state index < -0.39 is 0 Å². The minimum atomic E-state index is -0.0695. The number of hydrogen-bond donors (Lipinski definition) is 2. The Bertz CT molecular complexity index is 328. The van der Waals surface area contributed by atoms with Gasteiger partial charge in [-0.2, -0.15) is 5.48 Å². The molecular formula is C10H16N2O3S. The van der Waals surface area contributed by atoms with Crippen LogP contribution in [0.4, 0.5) is 5.69 Å². The predicted octanol–water partition coefficient (Wildman–Crippen LogP) is 1.37. The van der Waals surface area contributed by atoms with Crippen molar-refractivity contribution in [1.29, 1.82) is 0 Å². The fourth-order valence-electron chi connectivity index (χ4n) is 1.09. The van der Waals surface area contributed by atoms with Gasteiger partial charge in [-0.15, -0.1) is 11.3 Å². The summed E-state index contributed by atoms with van der Waals surface area (Å²) in [5.74, 6) is -0.0695. The van der Waals surface area contributed by atoms with Gasteiger partial charge in [0.2, 0.25) is 5.91 Å². The van der Waals surface area contributed by atoms with E-state index in [9.17, 15) is 4.79 Å². The largest absolute Gasteiger partial charge is 0.382 e. The zero-order chi connectivity index (χ0) is 11.8. The van der Waals surface area contributed by atoms with Gasteiger partial charge in [0.05, 0.1) is 25.4 Å². The molecule has 0 fully saturated rings. The molecule has 0 aliphatic carbocycles. The molecule has 1 heterocycles. The maximum absolute atomic E-state index is 10.9. The van der Waals surface area contributed by atoms with Crippen LogP contribution in [0.25, 0.3) is 0 Å². The van der Waals surface area contributed by atoms with Crippen molar-refractivity contribution < 1.29 is 14.4 Å². The lowest BCUT2D eigenvalue weighted by Crippen LogP contribution is -2.17. The fraction of sp³-hybridized carbons (Fsp3) is 0.500. The maximum atomic E-state index is 10.9. The van der Waals surface area contributed by atoms with Crippen LogP contribution in [0.3, 0.4) is 0 Å². The molecule has 6 heteroatoms. The van der Waals surface area contributed by atoms with Crippen LogP contribution in [0.1, 0.15) is 11.8 Å². The second-order valence-corrected chi connectivity index (χ2v) is 4.10. The van der Waals surface area contributed by atoms with Crippen molar-refractivity contribution in [3.05, 3.63) is 16.3 Å². The minimum absolute atomic E-state index is 0.0695. The van der Waals surface area contributed by atoms with Crippen LogP contribution in [-0.2, 0) is 20.9 Å². The number of hydroxylamine groups is 1. The Labute approximate surface area is 98.7 Å². The van der Waals surface area contributed by atoms with Crippen molar-refractivity contribution in [3.8, 4) is 0 Å². The highest BCUT2D eigenvalue weighted by Gasteiger charge is 2.04. The lowest BCUT2D eigenvalue weighted by Gasteiger charge is -2.06. The first-order valence-corrected chi connectivity index (χ1v) is 5.79. The van der Waals surface area contributed by atoms with Gasteiger partial charge in [-0.25, -0.2) is 0 Å². The molecule has 1 aromatic rings. The summed E-state index contributed by atoms with van der Waals surface area (Å²) in [4.78, 5) is 17.1. The van der Waals surface area contributed by atoms with Crippen LogP contribution < -0.4 is 10.8 Å². The third kappa shape index (κ3) is 4.71. The van der Waals surface area contributed by atoms with Crippen molar-refractivity contribution >= 4 is 22.9 Å². The molecule has 5 nitrogen and oxygen atoms in total. The number of carbonyl (C=O) groups is 1. The monoisotopic (exact) mass is 244 g/mol. The van der Waals surface area contributed by atoms with Gasteiger partial charge in [0.1, 0.15) is 0 Å². The highest BCUT2D eigenvalue weighted by atomic mass is 32.1. The molecule has 0 aliphatic heterocycles. The van der Waals surface area contributed by atoms with E-state index in [4.69, 9.17) is 9.57 Å². The molecule has 0 atom stereocenters. The number of ether oxygens (including phenoxy) is 1. The van der Waals surface area contributed by atoms with Crippen LogP contribution >= 0.6 is 11.3 Å². The minimum Gasteiger partial charge on any atom is -0.382 e. The molecule has 1 aromatic heterocycles. The van der Waals surface area contributed by atoms with Gasteiger partial charge in [-0.05, 0) is 11.4 Å². The number of amides is 1. The third-order valence-electron chi connectivity index (χ3n) is 1.78. The topological polar surface area (TPSA) is 59.6 Å². The lowest BCUT2D eigenvalue weighted by molar-refractivity contribution is -0.114. The Morgan fingerprint density at radius 2 is 2.31 bits per heavy atom. The predicted molar refractivity (Wildman–Crippen MR) is 63.3 cm³/mol. The van der Waals surface area contributed by atoms with Gasteiger partial charge in [0, 0.05) is 18.9 Å². The van der Waals surface area contributed by atoms with Crippen molar-refractivity contribution in [2.24, 2.45) is 0 Å². The van der Waals surface area contributed by atoms with Gasteiger partial charge < -0.3 is 10.1 Å². The molecule has 0 bridgehead atoms. The van der Waals surface area contributed by atoms with Crippen LogP contribution in [-0.4, -0.2) is 26.2 Å². The van der Waals surface area contributed by atoms with E-state index >= 15 is 0 Å². The van der Waals surface area contributed by atoms with Crippen molar-refractivity contribution in [2.75, 3.05) is 25.6 Å². The van der Waals surface area contributed by atoms with Gasteiger partial charge in [-0.3, -0.25) is 9.63 Å². The van der Waals surface area contributed by atoms with Gasteiger partial charge >= 0.3 is 0 Å². The summed E-state index contributed by atoms with van der Waals surface area (Å²) in [6.07, 6.45) is 0. The van der Waals surface area contributed by atoms with Crippen molar-refractivity contribution in [2.45, 2.75) is 13.5 Å². The first-order chi connectivity index (χ1) is 7.74. The maximum Gasteiger partial charge on any atom is 0.221 e. The summed E-state index contributed by atoms with van der Waals surface area (Å²) >= 11 is 1.57. The molecule has 2 N–H and O–H groups in total. The number of methoxy groups -OCH3 is 1. The Balaban J connectivity index is 2.30. The molecule has 0 unspecified atom stereocenters. The molecule has 16 heavy (non-hydrogen) atoms. The lowest BCUT2D eigenvalue weighted by atomic mass is 10.4. The van der Waals surface area contributed by atoms with E-state index in [-0.39, 0.29) is 5.91 Å². The summed E-state index contributed by atoms with van der Waals surface area (Å²) in [6, 6.07) is 1.87. The summed E-state index contributed by atoms with van der Waals surface area (Å²) < 4.78 is 4.84. The Morgan fingerprint density at radius 3 is 3.00 bits per heavy atom. The summed E-state index contributed by atoms with van der Waals surface area (Å²) in [7, 11) is 1.62. The van der Waals surface area contributed by atoms with Crippen LogP contribution in [0.15, 0.2) is 11.4 Å². The quantitative estimate of drug-likeness (QED) is 0.562. The van der Waals surface area contributed by atoms with Crippen LogP contribution in [0, 0.1) is 0 Å². The second kappa shape index (κ2) is 7.34. The molecule has 0 radical (unpaired) electrons. The van der Waals surface area contributed by atoms with Gasteiger partial charge in [0.15, 0.2) is 0 Å². The van der Waals surface area contributed by atoms with Crippen LogP contribution in [0.5, 0.6) is 0 Å². The Hall–Kier alpha value is -0.950. The molecule has 0 aromatic carbocycles. The van der Waals surface area contributed by atoms with Gasteiger partial charge in [-0.1, -0.05) is 0 Å². The first-order valence-electron chi connectivity index (χ1n) is 4.91. The summed E-state index contributed by atoms with van der Waals surface area (Å²) in [5, 5.41) is 4.68. The van der Waals surface area contributed by atoms with Gasteiger partial charge in [0.25, 0.3) is 0 Å². The van der Waals surface area contributed by atoms with E-state index in [0.717, 1.165) is 10.6 Å². The Kier molecular flexibility index (Phi) is 6.02. The fourth-order valence-corrected chi connectivity index (χ4v) is 1.85. The number of rotatable bonds is 7. The van der Waals surface area contributed by atoms with E-state index in [1.165, 1.54) is 6.92 Å². The third-order valence-corrected chi connectivity index (χ3v) is 2.70. The molecule has 0 aliphatic rings. The number of carbonyl (C=O) groups excluding carboxylic acids is 1. The first kappa shape index (κ1) is 13.1. The molecule has 90 valence electrons. The molecule has 0 saturated carbocycles. The van der Waals surface area contributed by atoms with E-state index in [2.05, 4.69) is 10.8 Å². The van der Waals surface area contributed by atoms with E-state index in [1.54, 1.807) is 18.4 Å².